The molecule has 0 rings (SSSR count). The van der Waals surface area contributed by atoms with E-state index in [1.54, 1.807) is 6.08 Å². The maximum Gasteiger partial charge on any atom is 0.0272 e. The second-order valence-electron chi connectivity index (χ2n) is 3.51. The van der Waals surface area contributed by atoms with Crippen LogP contribution >= 0.6 is 0 Å². The Kier molecular flexibility index (Phi) is 4.88. The van der Waals surface area contributed by atoms with E-state index in [4.69, 9.17) is 0 Å². The Morgan fingerprint density at radius 3 is 2.45 bits per heavy atom. The highest BCUT2D eigenvalue weighted by Crippen LogP contribution is 2.00. The quantitative estimate of drug-likeness (QED) is 0.434. The summed E-state index contributed by atoms with van der Waals surface area (Å²) in [5.74, 6) is 0. The molecule has 0 aromatic heterocycles. The minimum atomic E-state index is 0.113. The van der Waals surface area contributed by atoms with Gasteiger partial charge < -0.3 is 0 Å². The van der Waals surface area contributed by atoms with Gasteiger partial charge in [0.15, 0.2) is 0 Å². The molecular weight excluding hydrogens is 134 g/mol. The number of hydrogen-bond acceptors (Lipinski definition) is 0. The minimum Gasteiger partial charge on any atom is -0.236 e. The molecule has 11 heavy (non-hydrogen) atoms. The first-order chi connectivity index (χ1) is 5.06. The Morgan fingerprint density at radius 1 is 1.36 bits per heavy atom. The third-order valence-corrected chi connectivity index (χ3v) is 1.15. The molecule has 0 bridgehead atoms. The number of nitrogens with zero attached hydrogens (tertiary/aromatic N) is 1. The van der Waals surface area contributed by atoms with Crippen molar-refractivity contribution < 1.29 is 0 Å². The van der Waals surface area contributed by atoms with Gasteiger partial charge in [-0.2, -0.15) is 0 Å². The summed E-state index contributed by atoms with van der Waals surface area (Å²) in [5, 5.41) is 4.44. The zero-order valence-corrected chi connectivity index (χ0v) is 7.80. The Morgan fingerprint density at radius 2 is 2.00 bits per heavy atom. The summed E-state index contributed by atoms with van der Waals surface area (Å²) in [5.41, 5.74) is 0.113. The van der Waals surface area contributed by atoms with Gasteiger partial charge in [-0.15, -0.1) is 0 Å². The summed E-state index contributed by atoms with van der Waals surface area (Å²) >= 11 is 0. The van der Waals surface area contributed by atoms with Crippen LogP contribution in [0.15, 0.2) is 24.8 Å². The molecule has 0 aliphatic rings. The Labute approximate surface area is 70.2 Å². The van der Waals surface area contributed by atoms with Crippen LogP contribution in [0.3, 0.4) is 0 Å². The van der Waals surface area contributed by atoms with Crippen molar-refractivity contribution in [3.8, 4) is 0 Å². The van der Waals surface area contributed by atoms with E-state index in [1.165, 1.54) is 0 Å². The van der Waals surface area contributed by atoms with Crippen LogP contribution in [0.1, 0.15) is 27.2 Å². The molecule has 63 valence electrons. The molecule has 0 unspecified atom stereocenters. The van der Waals surface area contributed by atoms with E-state index in [-0.39, 0.29) is 5.54 Å². The number of allylic oxidation sites excluding steroid dienone is 2. The van der Waals surface area contributed by atoms with Gasteiger partial charge in [0.05, 0.1) is 0 Å². The van der Waals surface area contributed by atoms with E-state index in [2.05, 4.69) is 38.7 Å². The van der Waals surface area contributed by atoms with Crippen molar-refractivity contribution in [1.82, 2.24) is 5.32 Å². The fourth-order valence-corrected chi connectivity index (χ4v) is 0.667. The Balaban J connectivity index is 3.28. The lowest BCUT2D eigenvalue weighted by atomic mass is 10.1. The molecule has 1 heteroatoms. The average Bonchev–Trinajstić information content (AvgIpc) is 1.85. The van der Waals surface area contributed by atoms with E-state index in [0.717, 1.165) is 13.0 Å². The summed E-state index contributed by atoms with van der Waals surface area (Å²) in [6.45, 7) is 10.8. The molecule has 0 saturated heterocycles. The third-order valence-electron chi connectivity index (χ3n) is 1.15. The number of hydrogen-bond donors (Lipinski definition) is 0. The zero-order valence-electron chi connectivity index (χ0n) is 7.80. The predicted molar refractivity (Wildman–Crippen MR) is 50.7 cm³/mol. The molecule has 0 atom stereocenters. The molecule has 0 aliphatic heterocycles. The Bertz CT molecular complexity index is 128. The van der Waals surface area contributed by atoms with Gasteiger partial charge in [0.2, 0.25) is 0 Å². The predicted octanol–water partition coefficient (Wildman–Crippen LogP) is 2.52. The molecule has 0 aliphatic carbocycles. The maximum absolute atomic E-state index is 4.44. The maximum atomic E-state index is 4.44. The molecule has 0 spiro atoms. The van der Waals surface area contributed by atoms with Crippen LogP contribution in [0.4, 0.5) is 0 Å². The average molecular weight is 152 g/mol. The zero-order chi connectivity index (χ0) is 8.74. The van der Waals surface area contributed by atoms with Crippen LogP contribution < -0.4 is 5.32 Å². The van der Waals surface area contributed by atoms with Crippen LogP contribution in [-0.4, -0.2) is 12.1 Å². The van der Waals surface area contributed by atoms with Gasteiger partial charge in [-0.25, -0.2) is 5.32 Å². The van der Waals surface area contributed by atoms with E-state index < -0.39 is 0 Å². The fraction of sp³-hybridized carbons (Fsp3) is 0.600. The van der Waals surface area contributed by atoms with Crippen LogP contribution in [0.5, 0.6) is 0 Å². The monoisotopic (exact) mass is 152 g/mol. The minimum absolute atomic E-state index is 0.113. The van der Waals surface area contributed by atoms with Gasteiger partial charge in [-0.3, -0.25) is 0 Å². The van der Waals surface area contributed by atoms with Gasteiger partial charge in [0.1, 0.15) is 0 Å². The first-order valence-electron chi connectivity index (χ1n) is 4.02. The molecule has 0 aromatic rings. The molecule has 0 saturated carbocycles. The van der Waals surface area contributed by atoms with Crippen LogP contribution in [0, 0.1) is 0 Å². The van der Waals surface area contributed by atoms with Crippen molar-refractivity contribution >= 4 is 0 Å². The second kappa shape index (κ2) is 5.14. The molecule has 0 amide bonds. The van der Waals surface area contributed by atoms with E-state index >= 15 is 0 Å². The van der Waals surface area contributed by atoms with Gasteiger partial charge in [-0.1, -0.05) is 24.8 Å². The summed E-state index contributed by atoms with van der Waals surface area (Å²) in [6.07, 6.45) is 6.85. The fourth-order valence-electron chi connectivity index (χ4n) is 0.667. The standard InChI is InChI=1S/C10H18N/c1-5-6-7-8-9-11-10(2,3)4/h5-7H,1,8-9H2,2-4H3/b7-6+. The normalized spacial score (nSPS) is 12.3. The van der Waals surface area contributed by atoms with Gasteiger partial charge in [0.25, 0.3) is 0 Å². The highest BCUT2D eigenvalue weighted by atomic mass is 14.9. The van der Waals surface area contributed by atoms with Crippen molar-refractivity contribution in [2.45, 2.75) is 32.7 Å². The van der Waals surface area contributed by atoms with Crippen molar-refractivity contribution in [2.75, 3.05) is 6.54 Å². The van der Waals surface area contributed by atoms with Crippen molar-refractivity contribution in [1.29, 1.82) is 0 Å². The van der Waals surface area contributed by atoms with Crippen molar-refractivity contribution in [2.24, 2.45) is 0 Å². The molecule has 1 radical (unpaired) electrons. The third kappa shape index (κ3) is 9.44. The van der Waals surface area contributed by atoms with Gasteiger partial charge in [-0.05, 0) is 27.2 Å². The lowest BCUT2D eigenvalue weighted by Crippen LogP contribution is -2.29. The van der Waals surface area contributed by atoms with E-state index in [9.17, 15) is 0 Å². The lowest BCUT2D eigenvalue weighted by molar-refractivity contribution is 0.421. The van der Waals surface area contributed by atoms with E-state index in [0.29, 0.717) is 0 Å². The summed E-state index contributed by atoms with van der Waals surface area (Å²) in [4.78, 5) is 0. The highest BCUT2D eigenvalue weighted by Gasteiger charge is 2.07. The lowest BCUT2D eigenvalue weighted by Gasteiger charge is -2.16. The summed E-state index contributed by atoms with van der Waals surface area (Å²) < 4.78 is 0. The van der Waals surface area contributed by atoms with Crippen LogP contribution in [0.2, 0.25) is 0 Å². The number of rotatable bonds is 4. The summed E-state index contributed by atoms with van der Waals surface area (Å²) in [7, 11) is 0. The van der Waals surface area contributed by atoms with Crippen LogP contribution in [0.25, 0.3) is 0 Å². The first-order valence-corrected chi connectivity index (χ1v) is 4.02. The SMILES string of the molecule is C=C/C=C/CC[N]C(C)(C)C. The van der Waals surface area contributed by atoms with Crippen LogP contribution in [-0.2, 0) is 0 Å². The van der Waals surface area contributed by atoms with Crippen molar-refractivity contribution in [3.05, 3.63) is 24.8 Å². The van der Waals surface area contributed by atoms with Crippen molar-refractivity contribution in [3.63, 3.8) is 0 Å². The molecule has 0 aromatic carbocycles. The smallest absolute Gasteiger partial charge is 0.0272 e. The molecule has 0 heterocycles. The Hall–Kier alpha value is -0.560. The molecular formula is C10H18N. The topological polar surface area (TPSA) is 14.1 Å². The molecule has 1 nitrogen and oxygen atoms in total. The largest absolute Gasteiger partial charge is 0.236 e. The second-order valence-corrected chi connectivity index (χ2v) is 3.51. The molecule has 0 N–H and O–H groups in total. The highest BCUT2D eigenvalue weighted by molar-refractivity contribution is 4.97. The van der Waals surface area contributed by atoms with Gasteiger partial charge in [0, 0.05) is 12.1 Å². The summed E-state index contributed by atoms with van der Waals surface area (Å²) in [6, 6.07) is 0. The first kappa shape index (κ1) is 10.4. The molecule has 0 fully saturated rings. The van der Waals surface area contributed by atoms with Gasteiger partial charge >= 0.3 is 0 Å². The van der Waals surface area contributed by atoms with E-state index in [1.807, 2.05) is 6.08 Å².